The lowest BCUT2D eigenvalue weighted by molar-refractivity contribution is -0.121. The van der Waals surface area contributed by atoms with Crippen molar-refractivity contribution in [3.63, 3.8) is 0 Å². The zero-order valence-corrected chi connectivity index (χ0v) is 8.65. The molecule has 0 N–H and O–H groups in total. The summed E-state index contributed by atoms with van der Waals surface area (Å²) in [5, 5.41) is 0. The summed E-state index contributed by atoms with van der Waals surface area (Å²) in [6.45, 7) is 4.02. The second-order valence-corrected chi connectivity index (χ2v) is 4.85. The number of carbonyl (C=O) groups excluding carboxylic acids is 1. The predicted octanol–water partition coefficient (Wildman–Crippen LogP) is 2.64. The summed E-state index contributed by atoms with van der Waals surface area (Å²) >= 11 is 1.65. The molecule has 1 aliphatic rings. The highest BCUT2D eigenvalue weighted by Gasteiger charge is 2.34. The fourth-order valence-corrected chi connectivity index (χ4v) is 2.88. The third kappa shape index (κ3) is 1.29. The van der Waals surface area contributed by atoms with Gasteiger partial charge in [0.2, 0.25) is 0 Å². The van der Waals surface area contributed by atoms with Crippen molar-refractivity contribution < 1.29 is 4.79 Å². The molecule has 1 aromatic rings. The van der Waals surface area contributed by atoms with Gasteiger partial charge in [-0.2, -0.15) is 0 Å². The summed E-state index contributed by atoms with van der Waals surface area (Å²) in [4.78, 5) is 12.9. The first-order valence-electron chi connectivity index (χ1n) is 4.38. The Morgan fingerprint density at radius 1 is 1.31 bits per heavy atom. The van der Waals surface area contributed by atoms with Crippen molar-refractivity contribution in [3.05, 3.63) is 29.8 Å². The van der Waals surface area contributed by atoms with Crippen LogP contribution in [0.25, 0.3) is 0 Å². The Hall–Kier alpha value is -0.760. The molecule has 2 rings (SSSR count). The van der Waals surface area contributed by atoms with Crippen LogP contribution in [0.15, 0.2) is 29.2 Å². The molecule has 0 saturated carbocycles. The lowest BCUT2D eigenvalue weighted by atomic mass is 9.81. The van der Waals surface area contributed by atoms with Crippen molar-refractivity contribution in [3.8, 4) is 0 Å². The van der Waals surface area contributed by atoms with E-state index in [0.717, 1.165) is 0 Å². The van der Waals surface area contributed by atoms with Crippen LogP contribution in [0.1, 0.15) is 19.4 Å². The van der Waals surface area contributed by atoms with Gasteiger partial charge in [-0.15, -0.1) is 11.8 Å². The molecule has 0 unspecified atom stereocenters. The summed E-state index contributed by atoms with van der Waals surface area (Å²) < 4.78 is 0. The van der Waals surface area contributed by atoms with Crippen molar-refractivity contribution in [2.24, 2.45) is 0 Å². The minimum absolute atomic E-state index is 0.290. The van der Waals surface area contributed by atoms with Gasteiger partial charge in [0.25, 0.3) is 0 Å². The number of ketones is 1. The third-order valence-electron chi connectivity index (χ3n) is 2.62. The van der Waals surface area contributed by atoms with Crippen LogP contribution in [0.5, 0.6) is 0 Å². The maximum atomic E-state index is 11.7. The maximum absolute atomic E-state index is 11.7. The van der Waals surface area contributed by atoms with Gasteiger partial charge < -0.3 is 0 Å². The van der Waals surface area contributed by atoms with Crippen LogP contribution in [0.2, 0.25) is 0 Å². The van der Waals surface area contributed by atoms with E-state index in [-0.39, 0.29) is 5.41 Å². The van der Waals surface area contributed by atoms with E-state index in [2.05, 4.69) is 12.1 Å². The lowest BCUT2D eigenvalue weighted by Gasteiger charge is -2.30. The molecule has 1 aromatic carbocycles. The molecule has 0 bridgehead atoms. The standard InChI is InChI=1S/C11H12OS/c1-11(2)8-5-3-4-6-9(8)13-7-10(11)12/h3-6H,7H2,1-2H3. The molecule has 0 aliphatic carbocycles. The highest BCUT2D eigenvalue weighted by molar-refractivity contribution is 8.00. The number of hydrogen-bond acceptors (Lipinski definition) is 2. The summed E-state index contributed by atoms with van der Waals surface area (Å²) in [5.74, 6) is 0.945. The highest BCUT2D eigenvalue weighted by atomic mass is 32.2. The second kappa shape index (κ2) is 2.88. The van der Waals surface area contributed by atoms with E-state index >= 15 is 0 Å². The third-order valence-corrected chi connectivity index (χ3v) is 3.69. The van der Waals surface area contributed by atoms with E-state index in [9.17, 15) is 4.79 Å². The van der Waals surface area contributed by atoms with Gasteiger partial charge >= 0.3 is 0 Å². The minimum atomic E-state index is -0.290. The maximum Gasteiger partial charge on any atom is 0.153 e. The average Bonchev–Trinajstić information content (AvgIpc) is 2.13. The number of rotatable bonds is 0. The van der Waals surface area contributed by atoms with Gasteiger partial charge in [0.1, 0.15) is 0 Å². The van der Waals surface area contributed by atoms with Gasteiger partial charge in [0.15, 0.2) is 5.78 Å². The molecule has 68 valence electrons. The van der Waals surface area contributed by atoms with Crippen molar-refractivity contribution in [2.75, 3.05) is 5.75 Å². The summed E-state index contributed by atoms with van der Waals surface area (Å²) in [6.07, 6.45) is 0. The molecule has 0 aromatic heterocycles. The van der Waals surface area contributed by atoms with E-state index in [4.69, 9.17) is 0 Å². The summed E-state index contributed by atoms with van der Waals surface area (Å²) in [7, 11) is 0. The van der Waals surface area contributed by atoms with Crippen LogP contribution < -0.4 is 0 Å². The molecule has 0 spiro atoms. The minimum Gasteiger partial charge on any atom is -0.298 e. The molecule has 13 heavy (non-hydrogen) atoms. The first kappa shape index (κ1) is 8.82. The summed E-state index contributed by atoms with van der Waals surface area (Å²) in [6, 6.07) is 8.17. The van der Waals surface area contributed by atoms with E-state index in [1.165, 1.54) is 10.5 Å². The normalized spacial score (nSPS) is 19.7. The van der Waals surface area contributed by atoms with Gasteiger partial charge in [0.05, 0.1) is 11.2 Å². The van der Waals surface area contributed by atoms with Gasteiger partial charge in [0, 0.05) is 4.90 Å². The number of carbonyl (C=O) groups is 1. The molecule has 0 saturated heterocycles. The Morgan fingerprint density at radius 3 is 2.77 bits per heavy atom. The zero-order valence-electron chi connectivity index (χ0n) is 7.83. The Kier molecular flexibility index (Phi) is 1.95. The molecule has 1 aliphatic heterocycles. The van der Waals surface area contributed by atoms with Crippen molar-refractivity contribution >= 4 is 17.5 Å². The Morgan fingerprint density at radius 2 is 2.00 bits per heavy atom. The average molecular weight is 192 g/mol. The van der Waals surface area contributed by atoms with Crippen molar-refractivity contribution in [2.45, 2.75) is 24.2 Å². The largest absolute Gasteiger partial charge is 0.298 e. The monoisotopic (exact) mass is 192 g/mol. The van der Waals surface area contributed by atoms with Gasteiger partial charge in [-0.1, -0.05) is 18.2 Å². The van der Waals surface area contributed by atoms with Crippen LogP contribution in [-0.4, -0.2) is 11.5 Å². The molecule has 1 nitrogen and oxygen atoms in total. The van der Waals surface area contributed by atoms with E-state index in [0.29, 0.717) is 11.5 Å². The molecule has 2 heteroatoms. The van der Waals surface area contributed by atoms with Crippen molar-refractivity contribution in [1.29, 1.82) is 0 Å². The summed E-state index contributed by atoms with van der Waals surface area (Å²) in [5.41, 5.74) is 0.887. The van der Waals surface area contributed by atoms with Crippen LogP contribution in [0, 0.1) is 0 Å². The SMILES string of the molecule is CC1(C)C(=O)CSc2ccccc21. The number of hydrogen-bond donors (Lipinski definition) is 0. The number of thioether (sulfide) groups is 1. The second-order valence-electron chi connectivity index (χ2n) is 3.83. The first-order chi connectivity index (χ1) is 6.12. The molecular formula is C11H12OS. The number of fused-ring (bicyclic) bond motifs is 1. The molecule has 0 radical (unpaired) electrons. The van der Waals surface area contributed by atoms with Crippen LogP contribution in [0.3, 0.4) is 0 Å². The van der Waals surface area contributed by atoms with Crippen molar-refractivity contribution in [1.82, 2.24) is 0 Å². The van der Waals surface area contributed by atoms with E-state index in [1.807, 2.05) is 26.0 Å². The predicted molar refractivity (Wildman–Crippen MR) is 55.2 cm³/mol. The Labute approximate surface area is 82.5 Å². The number of benzene rings is 1. The molecule has 1 heterocycles. The van der Waals surface area contributed by atoms with Gasteiger partial charge in [-0.3, -0.25) is 4.79 Å². The highest BCUT2D eigenvalue weighted by Crippen LogP contribution is 2.38. The molecule has 0 fully saturated rings. The Bertz CT molecular complexity index is 355. The van der Waals surface area contributed by atoms with Gasteiger partial charge in [-0.25, -0.2) is 0 Å². The molecule has 0 amide bonds. The lowest BCUT2D eigenvalue weighted by Crippen LogP contribution is -2.34. The van der Waals surface area contributed by atoms with Crippen LogP contribution in [0.4, 0.5) is 0 Å². The first-order valence-corrected chi connectivity index (χ1v) is 5.36. The topological polar surface area (TPSA) is 17.1 Å². The Balaban J connectivity index is 2.59. The molecule has 0 atom stereocenters. The van der Waals surface area contributed by atoms with Gasteiger partial charge in [-0.05, 0) is 25.5 Å². The smallest absolute Gasteiger partial charge is 0.153 e. The zero-order chi connectivity index (χ0) is 9.47. The number of Topliss-reactive ketones (excluding diaryl/α,β-unsaturated/α-hetero) is 1. The van der Waals surface area contributed by atoms with Crippen LogP contribution in [-0.2, 0) is 10.2 Å². The van der Waals surface area contributed by atoms with E-state index < -0.39 is 0 Å². The van der Waals surface area contributed by atoms with Crippen LogP contribution >= 0.6 is 11.8 Å². The quantitative estimate of drug-likeness (QED) is 0.628. The fourth-order valence-electron chi connectivity index (χ4n) is 1.58. The molecular weight excluding hydrogens is 180 g/mol. The van der Waals surface area contributed by atoms with E-state index in [1.54, 1.807) is 11.8 Å². The fraction of sp³-hybridized carbons (Fsp3) is 0.364.